The van der Waals surface area contributed by atoms with Crippen molar-refractivity contribution >= 4 is 5.91 Å². The minimum absolute atomic E-state index is 0.247. The van der Waals surface area contributed by atoms with Gasteiger partial charge in [-0.15, -0.1) is 0 Å². The average Bonchev–Trinajstić information content (AvgIpc) is 3.71. The van der Waals surface area contributed by atoms with Crippen LogP contribution in [0.5, 0.6) is 0 Å². The normalized spacial score (nSPS) is 28.7. The van der Waals surface area contributed by atoms with Crippen molar-refractivity contribution in [2.45, 2.75) is 356 Å². The van der Waals surface area contributed by atoms with Crippen LogP contribution >= 0.6 is 0 Å². The second-order valence-electron chi connectivity index (χ2n) is 25.0. The fourth-order valence-corrected chi connectivity index (χ4v) is 11.8. The first-order valence-corrected chi connectivity index (χ1v) is 34.9. The Balaban J connectivity index is 1.44. The van der Waals surface area contributed by atoms with Gasteiger partial charge in [-0.1, -0.05) is 242 Å². The third kappa shape index (κ3) is 33.0. The van der Waals surface area contributed by atoms with Crippen LogP contribution in [0.15, 0.2) is 48.6 Å². The van der Waals surface area contributed by atoms with E-state index in [-0.39, 0.29) is 18.9 Å². The third-order valence-corrected chi connectivity index (χ3v) is 17.4. The Labute approximate surface area is 529 Å². The van der Waals surface area contributed by atoms with E-state index >= 15 is 0 Å². The molecule has 12 N–H and O–H groups in total. The first-order chi connectivity index (χ1) is 42.8. The summed E-state index contributed by atoms with van der Waals surface area (Å²) >= 11 is 0. The lowest BCUT2D eigenvalue weighted by molar-refractivity contribution is -0.379. The molecule has 17 atom stereocenters. The molecule has 0 aromatic heterocycles. The summed E-state index contributed by atoms with van der Waals surface area (Å²) in [5.41, 5.74) is 0. The molecule has 3 rings (SSSR count). The molecule has 1 amide bonds. The zero-order valence-corrected chi connectivity index (χ0v) is 54.2. The molecule has 0 aromatic carbocycles. The van der Waals surface area contributed by atoms with Gasteiger partial charge >= 0.3 is 0 Å². The van der Waals surface area contributed by atoms with Crippen LogP contribution in [-0.2, 0) is 33.2 Å². The number of aliphatic hydroxyl groups excluding tert-OH is 11. The van der Waals surface area contributed by atoms with E-state index in [9.17, 15) is 61.0 Å². The van der Waals surface area contributed by atoms with E-state index in [4.69, 9.17) is 28.4 Å². The van der Waals surface area contributed by atoms with Gasteiger partial charge in [0.1, 0.15) is 73.2 Å². The molecular formula is C69H125NO18. The number of carbonyl (C=O) groups excluding carboxylic acids is 1. The van der Waals surface area contributed by atoms with Crippen LogP contribution in [0.3, 0.4) is 0 Å². The molecule has 514 valence electrons. The van der Waals surface area contributed by atoms with Crippen molar-refractivity contribution in [1.82, 2.24) is 5.32 Å². The van der Waals surface area contributed by atoms with Gasteiger partial charge in [-0.3, -0.25) is 4.79 Å². The van der Waals surface area contributed by atoms with Crippen molar-refractivity contribution in [2.75, 3.05) is 26.4 Å². The Kier molecular flexibility index (Phi) is 46.5. The van der Waals surface area contributed by atoms with E-state index in [2.05, 4.69) is 67.8 Å². The van der Waals surface area contributed by atoms with Crippen molar-refractivity contribution in [3.05, 3.63) is 48.6 Å². The Morgan fingerprint density at radius 3 is 1.23 bits per heavy atom. The van der Waals surface area contributed by atoms with E-state index in [1.807, 2.05) is 0 Å². The molecule has 19 heteroatoms. The van der Waals surface area contributed by atoms with E-state index in [1.54, 1.807) is 0 Å². The number of carbonyl (C=O) groups is 1. The number of amides is 1. The van der Waals surface area contributed by atoms with E-state index in [1.165, 1.54) is 141 Å². The second-order valence-corrected chi connectivity index (χ2v) is 25.0. The van der Waals surface area contributed by atoms with Crippen molar-refractivity contribution in [2.24, 2.45) is 0 Å². The van der Waals surface area contributed by atoms with Gasteiger partial charge in [0.15, 0.2) is 18.9 Å². The van der Waals surface area contributed by atoms with Crippen LogP contribution in [0.2, 0.25) is 0 Å². The summed E-state index contributed by atoms with van der Waals surface area (Å²) < 4.78 is 34.4. The summed E-state index contributed by atoms with van der Waals surface area (Å²) in [7, 11) is 0. The Hall–Kier alpha value is -2.25. The maximum absolute atomic E-state index is 13.4. The van der Waals surface area contributed by atoms with Crippen LogP contribution in [0.4, 0.5) is 0 Å². The van der Waals surface area contributed by atoms with Gasteiger partial charge in [0.25, 0.3) is 0 Å². The summed E-state index contributed by atoms with van der Waals surface area (Å²) in [6.45, 7) is 1.70. The first-order valence-electron chi connectivity index (χ1n) is 34.9. The van der Waals surface area contributed by atoms with Gasteiger partial charge in [0, 0.05) is 6.42 Å². The highest BCUT2D eigenvalue weighted by atomic mass is 16.8. The van der Waals surface area contributed by atoms with E-state index in [0.717, 1.165) is 77.0 Å². The van der Waals surface area contributed by atoms with Gasteiger partial charge in [0.05, 0.1) is 38.6 Å². The number of nitrogens with one attached hydrogen (secondary N) is 1. The van der Waals surface area contributed by atoms with E-state index in [0.29, 0.717) is 12.8 Å². The van der Waals surface area contributed by atoms with Gasteiger partial charge in [-0.25, -0.2) is 0 Å². The molecule has 0 bridgehead atoms. The summed E-state index contributed by atoms with van der Waals surface area (Å²) in [5, 5.41) is 121. The number of unbranched alkanes of at least 4 members (excludes halogenated alkanes) is 29. The molecule has 88 heavy (non-hydrogen) atoms. The maximum Gasteiger partial charge on any atom is 0.220 e. The van der Waals surface area contributed by atoms with Crippen molar-refractivity contribution < 1.29 is 89.4 Å². The minimum atomic E-state index is -1.97. The quantitative estimate of drug-likeness (QED) is 0.0200. The lowest BCUT2D eigenvalue weighted by Crippen LogP contribution is -2.66. The molecule has 0 spiro atoms. The topological polar surface area (TPSA) is 307 Å². The summed E-state index contributed by atoms with van der Waals surface area (Å²) in [4.78, 5) is 13.4. The SMILES string of the molecule is CC/C=C\C/C=C\C/C=C\C/C=C\CCCCCCCCCCCCC(=O)NC(COC1OC(CO)C(OC2OC(CO)C(OC3OC(CO)C(O)C(O)C3O)C(O)C2O)C(O)C1O)C(O)CCCCCCCCCCCCCCCCCCCCCC. The molecule has 17 unspecified atom stereocenters. The van der Waals surface area contributed by atoms with Gasteiger partial charge < -0.3 is 89.9 Å². The number of hydrogen-bond donors (Lipinski definition) is 12. The van der Waals surface area contributed by atoms with Crippen LogP contribution in [0.25, 0.3) is 0 Å². The van der Waals surface area contributed by atoms with Gasteiger partial charge in [-0.05, 0) is 51.4 Å². The largest absolute Gasteiger partial charge is 0.394 e. The maximum atomic E-state index is 13.4. The van der Waals surface area contributed by atoms with Crippen molar-refractivity contribution in [3.63, 3.8) is 0 Å². The fraction of sp³-hybridized carbons (Fsp3) is 0.870. The average molecular weight is 1260 g/mol. The molecule has 19 nitrogen and oxygen atoms in total. The standard InChI is InChI=1S/C69H125NO18/c1-3-5-7-9-11-13-15-17-19-21-23-25-26-27-29-31-33-35-37-39-41-43-45-47-57(75)70-52(53(74)46-44-42-40-38-36-34-32-30-28-24-22-20-18-16-14-12-10-8-6-4-2)51-83-67-63(81)60(78)65(55(49-72)85-67)88-69-64(82)61(79)66(56(50-73)86-69)87-68-62(80)59(77)58(76)54(48-71)84-68/h5,7,11,13,17,19,23,25,52-56,58-69,71-74,76-82H,3-4,6,8-10,12,14-16,18,20-22,24,26-51H2,1-2H3,(H,70,75)/b7-5-,13-11-,19-17-,25-23-. The summed E-state index contributed by atoms with van der Waals surface area (Å²) in [6.07, 6.45) is 33.2. The monoisotopic (exact) mass is 1260 g/mol. The van der Waals surface area contributed by atoms with Gasteiger partial charge in [0.2, 0.25) is 5.91 Å². The molecule has 0 aromatic rings. The predicted octanol–water partition coefficient (Wildman–Crippen LogP) is 9.00. The van der Waals surface area contributed by atoms with Gasteiger partial charge in [-0.2, -0.15) is 0 Å². The van der Waals surface area contributed by atoms with Crippen LogP contribution in [0.1, 0.15) is 251 Å². The lowest BCUT2D eigenvalue weighted by atomic mass is 9.96. The number of allylic oxidation sites excluding steroid dienone is 8. The van der Waals surface area contributed by atoms with Crippen LogP contribution in [-0.4, -0.2) is 193 Å². The van der Waals surface area contributed by atoms with E-state index < -0.39 is 124 Å². The van der Waals surface area contributed by atoms with Crippen molar-refractivity contribution in [3.8, 4) is 0 Å². The third-order valence-electron chi connectivity index (χ3n) is 17.4. The second kappa shape index (κ2) is 51.2. The summed E-state index contributed by atoms with van der Waals surface area (Å²) in [5.74, 6) is -0.247. The highest BCUT2D eigenvalue weighted by Crippen LogP contribution is 2.33. The molecule has 3 aliphatic rings. The first kappa shape index (κ1) is 80.0. The molecule has 0 aliphatic carbocycles. The molecule has 0 saturated carbocycles. The molecule has 0 radical (unpaired) electrons. The molecule has 3 aliphatic heterocycles. The molecule has 3 fully saturated rings. The number of ether oxygens (including phenoxy) is 6. The van der Waals surface area contributed by atoms with Crippen molar-refractivity contribution in [1.29, 1.82) is 0 Å². The lowest BCUT2D eigenvalue weighted by Gasteiger charge is -2.48. The smallest absolute Gasteiger partial charge is 0.220 e. The Morgan fingerprint density at radius 2 is 0.784 bits per heavy atom. The van der Waals surface area contributed by atoms with Crippen LogP contribution in [0, 0.1) is 0 Å². The predicted molar refractivity (Wildman–Crippen MR) is 342 cm³/mol. The summed E-state index contributed by atoms with van der Waals surface area (Å²) in [6, 6.07) is -0.892. The zero-order valence-electron chi connectivity index (χ0n) is 54.2. The number of hydrogen-bond acceptors (Lipinski definition) is 18. The highest BCUT2D eigenvalue weighted by Gasteiger charge is 2.53. The highest BCUT2D eigenvalue weighted by molar-refractivity contribution is 5.76. The Morgan fingerprint density at radius 1 is 0.420 bits per heavy atom. The Bertz CT molecular complexity index is 1790. The molecular weight excluding hydrogens is 1130 g/mol. The minimum Gasteiger partial charge on any atom is -0.394 e. The number of aliphatic hydroxyl groups is 11. The molecule has 3 saturated heterocycles. The molecule has 3 heterocycles. The number of rotatable bonds is 53. The zero-order chi connectivity index (χ0) is 64.0. The fourth-order valence-electron chi connectivity index (χ4n) is 11.8. The van der Waals surface area contributed by atoms with Crippen LogP contribution < -0.4 is 5.32 Å².